The molecule has 2 fully saturated rings. The summed E-state index contributed by atoms with van der Waals surface area (Å²) in [5.41, 5.74) is 1.58. The van der Waals surface area contributed by atoms with Crippen LogP contribution >= 0.6 is 0 Å². The van der Waals surface area contributed by atoms with Gasteiger partial charge in [-0.1, -0.05) is 33.1 Å². The number of carbonyl (C=O) groups is 1. The Morgan fingerprint density at radius 2 is 2.13 bits per heavy atom. The van der Waals surface area contributed by atoms with E-state index in [0.29, 0.717) is 23.9 Å². The summed E-state index contributed by atoms with van der Waals surface area (Å²) in [5.74, 6) is 0.533. The summed E-state index contributed by atoms with van der Waals surface area (Å²) in [7, 11) is 1.92. The van der Waals surface area contributed by atoms with E-state index in [1.165, 1.54) is 37.7 Å². The van der Waals surface area contributed by atoms with Crippen LogP contribution in [0.25, 0.3) is 0 Å². The number of aromatic nitrogens is 2. The van der Waals surface area contributed by atoms with Crippen molar-refractivity contribution in [2.75, 3.05) is 13.1 Å². The van der Waals surface area contributed by atoms with Crippen LogP contribution in [0.4, 0.5) is 4.79 Å². The quantitative estimate of drug-likeness (QED) is 0.928. The Morgan fingerprint density at radius 1 is 1.39 bits per heavy atom. The second-order valence-corrected chi connectivity index (χ2v) is 7.74. The first-order chi connectivity index (χ1) is 11.0. The largest absolute Gasteiger partial charge is 0.338 e. The monoisotopic (exact) mass is 318 g/mol. The zero-order valence-electron chi connectivity index (χ0n) is 14.7. The number of likely N-dealkylation sites (tertiary alicyclic amines) is 1. The summed E-state index contributed by atoms with van der Waals surface area (Å²) in [6.45, 7) is 6.15. The van der Waals surface area contributed by atoms with Crippen molar-refractivity contribution >= 4 is 6.03 Å². The molecule has 1 saturated carbocycles. The summed E-state index contributed by atoms with van der Waals surface area (Å²) in [6.07, 6.45) is 11.3. The predicted octanol–water partition coefficient (Wildman–Crippen LogP) is 2.96. The van der Waals surface area contributed by atoms with Crippen LogP contribution < -0.4 is 5.32 Å². The van der Waals surface area contributed by atoms with Gasteiger partial charge in [0.15, 0.2) is 0 Å². The summed E-state index contributed by atoms with van der Waals surface area (Å²) in [4.78, 5) is 14.6. The van der Waals surface area contributed by atoms with Gasteiger partial charge in [-0.05, 0) is 30.7 Å². The number of hydrogen-bond donors (Lipinski definition) is 1. The lowest BCUT2D eigenvalue weighted by Gasteiger charge is -2.61. The topological polar surface area (TPSA) is 50.2 Å². The molecule has 1 N–H and O–H groups in total. The second-order valence-electron chi connectivity index (χ2n) is 7.74. The van der Waals surface area contributed by atoms with E-state index in [4.69, 9.17) is 0 Å². The van der Waals surface area contributed by atoms with Crippen LogP contribution in [0, 0.1) is 11.3 Å². The average molecular weight is 318 g/mol. The predicted molar refractivity (Wildman–Crippen MR) is 91.2 cm³/mol. The van der Waals surface area contributed by atoms with Gasteiger partial charge in [0.05, 0.1) is 6.20 Å². The molecule has 3 rings (SSSR count). The zero-order valence-corrected chi connectivity index (χ0v) is 14.7. The van der Waals surface area contributed by atoms with E-state index in [0.717, 1.165) is 13.0 Å². The highest BCUT2D eigenvalue weighted by atomic mass is 16.2. The molecule has 1 spiro atoms. The van der Waals surface area contributed by atoms with Gasteiger partial charge >= 0.3 is 6.03 Å². The summed E-state index contributed by atoms with van der Waals surface area (Å²) >= 11 is 0. The van der Waals surface area contributed by atoms with Crippen molar-refractivity contribution in [1.82, 2.24) is 20.0 Å². The summed E-state index contributed by atoms with van der Waals surface area (Å²) in [5, 5.41) is 7.26. The van der Waals surface area contributed by atoms with Crippen molar-refractivity contribution in [3.05, 3.63) is 18.0 Å². The number of aryl methyl sites for hydroxylation is 1. The van der Waals surface area contributed by atoms with E-state index in [-0.39, 0.29) is 6.03 Å². The average Bonchev–Trinajstić information content (AvgIpc) is 2.90. The van der Waals surface area contributed by atoms with Crippen molar-refractivity contribution in [3.8, 4) is 0 Å². The minimum atomic E-state index is 0.115. The van der Waals surface area contributed by atoms with Gasteiger partial charge in [0.25, 0.3) is 0 Å². The Bertz CT molecular complexity index is 545. The van der Waals surface area contributed by atoms with Crippen molar-refractivity contribution < 1.29 is 4.79 Å². The standard InChI is InChI=1S/C18H30N4O/c1-14(2)16-18(8-5-4-6-9-18)13-22(16)17(23)19-10-7-15-11-20-21(3)12-15/h11-12,14,16H,4-10,13H2,1-3H3,(H,19,23). The molecule has 1 unspecified atom stereocenters. The number of nitrogens with zero attached hydrogens (tertiary/aromatic N) is 3. The third-order valence-corrected chi connectivity index (χ3v) is 5.64. The fraction of sp³-hybridized carbons (Fsp3) is 0.778. The molecule has 0 bridgehead atoms. The molecule has 5 heteroatoms. The highest BCUT2D eigenvalue weighted by Gasteiger charge is 2.55. The number of rotatable bonds is 4. The van der Waals surface area contributed by atoms with Gasteiger partial charge in [-0.3, -0.25) is 4.68 Å². The molecule has 5 nitrogen and oxygen atoms in total. The normalized spacial score (nSPS) is 23.1. The first-order valence-corrected chi connectivity index (χ1v) is 9.04. The molecular formula is C18H30N4O. The van der Waals surface area contributed by atoms with E-state index in [1.54, 1.807) is 4.68 Å². The highest BCUT2D eigenvalue weighted by Crippen LogP contribution is 2.51. The fourth-order valence-electron chi connectivity index (χ4n) is 4.74. The van der Waals surface area contributed by atoms with Gasteiger partial charge < -0.3 is 10.2 Å². The molecular weight excluding hydrogens is 288 g/mol. The summed E-state index contributed by atoms with van der Waals surface area (Å²) < 4.78 is 1.80. The molecule has 1 aliphatic carbocycles. The Labute approximate surface area is 139 Å². The van der Waals surface area contributed by atoms with Gasteiger partial charge in [-0.25, -0.2) is 4.79 Å². The fourth-order valence-corrected chi connectivity index (χ4v) is 4.74. The maximum absolute atomic E-state index is 12.6. The van der Waals surface area contributed by atoms with Crippen molar-refractivity contribution in [1.29, 1.82) is 0 Å². The molecule has 1 aromatic heterocycles. The lowest BCUT2D eigenvalue weighted by molar-refractivity contribution is -0.0883. The zero-order chi connectivity index (χ0) is 16.4. The maximum Gasteiger partial charge on any atom is 0.317 e. The lowest BCUT2D eigenvalue weighted by Crippen LogP contribution is -2.70. The van der Waals surface area contributed by atoms with E-state index in [1.807, 2.05) is 19.4 Å². The molecule has 2 aliphatic rings. The summed E-state index contributed by atoms with van der Waals surface area (Å²) in [6, 6.07) is 0.532. The molecule has 1 atom stereocenters. The Hall–Kier alpha value is -1.52. The van der Waals surface area contributed by atoms with E-state index in [2.05, 4.69) is 29.2 Å². The Kier molecular flexibility index (Phi) is 4.64. The van der Waals surface area contributed by atoms with Crippen LogP contribution in [0.5, 0.6) is 0 Å². The van der Waals surface area contributed by atoms with Gasteiger partial charge in [0, 0.05) is 37.8 Å². The second kappa shape index (κ2) is 6.54. The molecule has 1 aromatic rings. The molecule has 2 amide bonds. The van der Waals surface area contributed by atoms with Gasteiger partial charge in [-0.2, -0.15) is 5.10 Å². The molecule has 1 aliphatic heterocycles. The van der Waals surface area contributed by atoms with E-state index in [9.17, 15) is 4.79 Å². The third kappa shape index (κ3) is 3.24. The van der Waals surface area contributed by atoms with E-state index < -0.39 is 0 Å². The van der Waals surface area contributed by atoms with Crippen LogP contribution in [-0.2, 0) is 13.5 Å². The molecule has 2 heterocycles. The first kappa shape index (κ1) is 16.3. The number of nitrogens with one attached hydrogen (secondary N) is 1. The van der Waals surface area contributed by atoms with Crippen LogP contribution in [0.15, 0.2) is 12.4 Å². The molecule has 128 valence electrons. The van der Waals surface area contributed by atoms with Crippen LogP contribution in [0.1, 0.15) is 51.5 Å². The van der Waals surface area contributed by atoms with Gasteiger partial charge in [-0.15, -0.1) is 0 Å². The number of hydrogen-bond acceptors (Lipinski definition) is 2. The van der Waals surface area contributed by atoms with Crippen molar-refractivity contribution in [2.45, 2.75) is 58.4 Å². The van der Waals surface area contributed by atoms with Crippen molar-refractivity contribution in [3.63, 3.8) is 0 Å². The smallest absolute Gasteiger partial charge is 0.317 e. The minimum Gasteiger partial charge on any atom is -0.338 e. The molecule has 1 saturated heterocycles. The number of amides is 2. The molecule has 23 heavy (non-hydrogen) atoms. The SMILES string of the molecule is CC(C)C1N(C(=O)NCCc2cnn(C)c2)CC12CCCCC2. The first-order valence-electron chi connectivity index (χ1n) is 9.04. The number of urea groups is 1. The molecule has 0 radical (unpaired) electrons. The Morgan fingerprint density at radius 3 is 2.74 bits per heavy atom. The highest BCUT2D eigenvalue weighted by molar-refractivity contribution is 5.76. The van der Waals surface area contributed by atoms with Crippen LogP contribution in [-0.4, -0.2) is 39.8 Å². The van der Waals surface area contributed by atoms with Gasteiger partial charge in [0.1, 0.15) is 0 Å². The minimum absolute atomic E-state index is 0.115. The van der Waals surface area contributed by atoms with Crippen LogP contribution in [0.2, 0.25) is 0 Å². The molecule has 0 aromatic carbocycles. The number of carbonyl (C=O) groups excluding carboxylic acids is 1. The van der Waals surface area contributed by atoms with Gasteiger partial charge in [0.2, 0.25) is 0 Å². The third-order valence-electron chi connectivity index (χ3n) is 5.64. The lowest BCUT2D eigenvalue weighted by atomic mass is 9.60. The Balaban J connectivity index is 1.53. The van der Waals surface area contributed by atoms with E-state index >= 15 is 0 Å². The van der Waals surface area contributed by atoms with Crippen LogP contribution in [0.3, 0.4) is 0 Å². The van der Waals surface area contributed by atoms with Crippen molar-refractivity contribution in [2.24, 2.45) is 18.4 Å². The maximum atomic E-state index is 12.6.